The Balaban J connectivity index is 1.79. The monoisotopic (exact) mass is 397 g/mol. The summed E-state index contributed by atoms with van der Waals surface area (Å²) in [6.07, 6.45) is 2.01. The zero-order valence-electron chi connectivity index (χ0n) is 16.8. The number of likely N-dealkylation sites (tertiary alicyclic amines) is 1. The Hall–Kier alpha value is -3.03. The molecule has 7 nitrogen and oxygen atoms in total. The lowest BCUT2D eigenvalue weighted by Crippen LogP contribution is -2.42. The summed E-state index contributed by atoms with van der Waals surface area (Å²) in [5.41, 5.74) is 9.46. The number of nitrogens with zero attached hydrogens (tertiary/aromatic N) is 4. The SMILES string of the molecule is Cc1nn(C)c(C)c1CC1=c2cc(C3CCCN(C(N)=O)C3)cc(F)c2=NC1=O. The minimum atomic E-state index is -0.503. The minimum Gasteiger partial charge on any atom is -0.351 e. The molecule has 1 atom stereocenters. The average molecular weight is 397 g/mol. The van der Waals surface area contributed by atoms with E-state index >= 15 is 0 Å². The highest BCUT2D eigenvalue weighted by atomic mass is 19.1. The van der Waals surface area contributed by atoms with E-state index in [1.807, 2.05) is 27.0 Å². The van der Waals surface area contributed by atoms with E-state index in [-0.39, 0.29) is 11.3 Å². The van der Waals surface area contributed by atoms with Crippen LogP contribution in [-0.4, -0.2) is 39.7 Å². The van der Waals surface area contributed by atoms with Crippen LogP contribution in [0.1, 0.15) is 41.3 Å². The van der Waals surface area contributed by atoms with E-state index in [9.17, 15) is 14.0 Å². The van der Waals surface area contributed by atoms with Gasteiger partial charge in [0.05, 0.1) is 5.69 Å². The van der Waals surface area contributed by atoms with Gasteiger partial charge in [-0.05, 0) is 44.4 Å². The molecule has 152 valence electrons. The van der Waals surface area contributed by atoms with Gasteiger partial charge in [0.2, 0.25) is 0 Å². The number of rotatable bonds is 3. The maximum Gasteiger partial charge on any atom is 0.314 e. The average Bonchev–Trinajstić information content (AvgIpc) is 3.13. The molecule has 2 aromatic rings. The van der Waals surface area contributed by atoms with Gasteiger partial charge in [-0.25, -0.2) is 14.2 Å². The fourth-order valence-electron chi connectivity index (χ4n) is 4.35. The maximum absolute atomic E-state index is 14.8. The van der Waals surface area contributed by atoms with Crippen LogP contribution in [-0.2, 0) is 18.3 Å². The highest BCUT2D eigenvalue weighted by Gasteiger charge is 2.27. The van der Waals surface area contributed by atoms with Crippen LogP contribution in [0.5, 0.6) is 0 Å². The Morgan fingerprint density at radius 2 is 2.10 bits per heavy atom. The molecule has 0 bridgehead atoms. The molecule has 1 aromatic heterocycles. The van der Waals surface area contributed by atoms with E-state index in [4.69, 9.17) is 5.73 Å². The number of aromatic nitrogens is 2. The van der Waals surface area contributed by atoms with Crippen LogP contribution in [0.2, 0.25) is 0 Å². The molecule has 2 aliphatic heterocycles. The first-order valence-corrected chi connectivity index (χ1v) is 9.75. The molecule has 3 amide bonds. The Morgan fingerprint density at radius 3 is 2.76 bits per heavy atom. The Bertz CT molecular complexity index is 1150. The van der Waals surface area contributed by atoms with Gasteiger partial charge in [-0.3, -0.25) is 9.48 Å². The summed E-state index contributed by atoms with van der Waals surface area (Å²) >= 11 is 0. The summed E-state index contributed by atoms with van der Waals surface area (Å²) < 4.78 is 16.6. The molecule has 3 heterocycles. The number of benzene rings is 1. The molecule has 0 spiro atoms. The smallest absolute Gasteiger partial charge is 0.314 e. The zero-order chi connectivity index (χ0) is 20.9. The standard InChI is InChI=1S/C21H24FN5O2/c1-11-15(12(2)26(3)25-11)9-17-16-7-14(8-18(22)19(16)24-20(17)28)13-5-4-6-27(10-13)21(23)29/h7-8,13H,4-6,9-10H2,1-3H3,(H2,23,29). The molecular weight excluding hydrogens is 373 g/mol. The normalized spacial score (nSPS) is 18.8. The first kappa shape index (κ1) is 19.3. The number of hydrogen-bond acceptors (Lipinski definition) is 3. The van der Waals surface area contributed by atoms with Gasteiger partial charge in [0.1, 0.15) is 11.2 Å². The van der Waals surface area contributed by atoms with Crippen LogP contribution in [0.15, 0.2) is 17.1 Å². The number of carbonyl (C=O) groups excluding carboxylic acids is 2. The first-order chi connectivity index (χ1) is 13.8. The van der Waals surface area contributed by atoms with Crippen molar-refractivity contribution in [2.45, 2.75) is 39.0 Å². The number of halogens is 1. The summed E-state index contributed by atoms with van der Waals surface area (Å²) in [6.45, 7) is 4.92. The van der Waals surface area contributed by atoms with Crippen molar-refractivity contribution >= 4 is 17.5 Å². The van der Waals surface area contributed by atoms with Crippen LogP contribution in [0.4, 0.5) is 9.18 Å². The van der Waals surface area contributed by atoms with Crippen molar-refractivity contribution in [3.63, 3.8) is 0 Å². The summed E-state index contributed by atoms with van der Waals surface area (Å²) in [5.74, 6) is -0.923. The molecule has 4 rings (SSSR count). The van der Waals surface area contributed by atoms with E-state index in [1.165, 1.54) is 6.07 Å². The van der Waals surface area contributed by atoms with E-state index in [1.54, 1.807) is 9.58 Å². The number of primary amides is 1. The molecule has 0 saturated carbocycles. The van der Waals surface area contributed by atoms with Gasteiger partial charge in [-0.1, -0.05) is 0 Å². The van der Waals surface area contributed by atoms with Gasteiger partial charge in [-0.2, -0.15) is 5.10 Å². The third kappa shape index (κ3) is 3.32. The second-order valence-electron chi connectivity index (χ2n) is 7.87. The predicted molar refractivity (Wildman–Crippen MR) is 105 cm³/mol. The quantitative estimate of drug-likeness (QED) is 0.837. The second kappa shape index (κ2) is 7.09. The lowest BCUT2D eigenvalue weighted by atomic mass is 9.89. The Morgan fingerprint density at radius 1 is 1.34 bits per heavy atom. The molecule has 1 fully saturated rings. The van der Waals surface area contributed by atoms with E-state index in [2.05, 4.69) is 10.1 Å². The largest absolute Gasteiger partial charge is 0.351 e. The van der Waals surface area contributed by atoms with E-state index < -0.39 is 17.8 Å². The fourth-order valence-corrected chi connectivity index (χ4v) is 4.35. The number of amides is 3. The molecule has 1 saturated heterocycles. The van der Waals surface area contributed by atoms with Gasteiger partial charge in [0.25, 0.3) is 5.91 Å². The topological polar surface area (TPSA) is 93.6 Å². The molecule has 2 N–H and O–H groups in total. The summed E-state index contributed by atoms with van der Waals surface area (Å²) in [5, 5.41) is 5.06. The number of urea groups is 1. The molecule has 0 aliphatic carbocycles. The Labute approximate surface area is 167 Å². The lowest BCUT2D eigenvalue weighted by molar-refractivity contribution is -0.112. The van der Waals surface area contributed by atoms with E-state index in [0.29, 0.717) is 30.3 Å². The molecule has 1 aromatic carbocycles. The molecule has 1 unspecified atom stereocenters. The van der Waals surface area contributed by atoms with Gasteiger partial charge in [0.15, 0.2) is 0 Å². The maximum atomic E-state index is 14.8. The number of piperidine rings is 1. The van der Waals surface area contributed by atoms with E-state index in [0.717, 1.165) is 35.4 Å². The lowest BCUT2D eigenvalue weighted by Gasteiger charge is -2.31. The summed E-state index contributed by atoms with van der Waals surface area (Å²) in [4.78, 5) is 29.7. The summed E-state index contributed by atoms with van der Waals surface area (Å²) in [6, 6.07) is 2.84. The van der Waals surface area contributed by atoms with Crippen molar-refractivity contribution in [1.82, 2.24) is 14.7 Å². The number of hydrogen-bond donors (Lipinski definition) is 1. The fraction of sp³-hybridized carbons (Fsp3) is 0.429. The molecule has 0 radical (unpaired) electrons. The van der Waals surface area contributed by atoms with Gasteiger partial charge < -0.3 is 10.6 Å². The highest BCUT2D eigenvalue weighted by Crippen LogP contribution is 2.27. The Kier molecular flexibility index (Phi) is 4.72. The van der Waals surface area contributed by atoms with Gasteiger partial charge >= 0.3 is 6.03 Å². The highest BCUT2D eigenvalue weighted by molar-refractivity contribution is 6.15. The van der Waals surface area contributed by atoms with Crippen molar-refractivity contribution in [3.8, 4) is 0 Å². The molecule has 8 heteroatoms. The van der Waals surface area contributed by atoms with Crippen LogP contribution < -0.4 is 16.3 Å². The number of nitrogens with two attached hydrogens (primary N) is 1. The van der Waals surface area contributed by atoms with Gasteiger partial charge in [-0.15, -0.1) is 0 Å². The van der Waals surface area contributed by atoms with Crippen LogP contribution in [0.3, 0.4) is 0 Å². The third-order valence-electron chi connectivity index (χ3n) is 6.10. The number of fused-ring (bicyclic) bond motifs is 1. The molecule has 29 heavy (non-hydrogen) atoms. The van der Waals surface area contributed by atoms with Crippen LogP contribution in [0.25, 0.3) is 5.57 Å². The minimum absolute atomic E-state index is 0.0186. The van der Waals surface area contributed by atoms with Crippen LogP contribution >= 0.6 is 0 Å². The zero-order valence-corrected chi connectivity index (χ0v) is 16.8. The van der Waals surface area contributed by atoms with Crippen molar-refractivity contribution in [2.75, 3.05) is 13.1 Å². The van der Waals surface area contributed by atoms with Crippen molar-refractivity contribution in [1.29, 1.82) is 0 Å². The van der Waals surface area contributed by atoms with Crippen molar-refractivity contribution in [3.05, 3.63) is 51.0 Å². The van der Waals surface area contributed by atoms with Crippen molar-refractivity contribution < 1.29 is 14.0 Å². The first-order valence-electron chi connectivity index (χ1n) is 9.75. The number of aryl methyl sites for hydroxylation is 2. The summed E-state index contributed by atoms with van der Waals surface area (Å²) in [7, 11) is 1.86. The molecule has 2 aliphatic rings. The number of carbonyl (C=O) groups is 2. The van der Waals surface area contributed by atoms with Gasteiger partial charge in [0, 0.05) is 54.5 Å². The second-order valence-corrected chi connectivity index (χ2v) is 7.87. The van der Waals surface area contributed by atoms with Crippen molar-refractivity contribution in [2.24, 2.45) is 17.8 Å². The molecular formula is C21H24FN5O2. The van der Waals surface area contributed by atoms with Crippen LogP contribution in [0, 0.1) is 19.7 Å². The third-order valence-corrected chi connectivity index (χ3v) is 6.10. The predicted octanol–water partition coefficient (Wildman–Crippen LogP) is 0.987.